The minimum absolute atomic E-state index is 0.103. The average Bonchev–Trinajstić information content (AvgIpc) is 2.46. The van der Waals surface area contributed by atoms with Crippen molar-refractivity contribution < 1.29 is 14.3 Å². The number of rotatable bonds is 5. The molecule has 0 aromatic heterocycles. The van der Waals surface area contributed by atoms with Crippen LogP contribution < -0.4 is 10.2 Å². The highest BCUT2D eigenvalue weighted by Crippen LogP contribution is 2.31. The van der Waals surface area contributed by atoms with Gasteiger partial charge >= 0.3 is 5.97 Å². The molecule has 2 rings (SSSR count). The van der Waals surface area contributed by atoms with E-state index in [0.29, 0.717) is 6.42 Å². The molecule has 1 atom stereocenters. The molecule has 0 saturated carbocycles. The molecule has 5 nitrogen and oxygen atoms in total. The zero-order valence-electron chi connectivity index (χ0n) is 11.9. The highest BCUT2D eigenvalue weighted by molar-refractivity contribution is 6.02. The van der Waals surface area contributed by atoms with Gasteiger partial charge in [-0.15, -0.1) is 0 Å². The highest BCUT2D eigenvalue weighted by Gasteiger charge is 2.32. The van der Waals surface area contributed by atoms with Gasteiger partial charge in [0.2, 0.25) is 5.91 Å². The number of unbranched alkanes of at least 4 members (excludes halogenated alkanes) is 1. The summed E-state index contributed by atoms with van der Waals surface area (Å²) in [5.74, 6) is -0.392. The van der Waals surface area contributed by atoms with Crippen molar-refractivity contribution in [1.82, 2.24) is 0 Å². The number of fused-ring (bicyclic) bond motifs is 1. The molecular weight excluding hydrogens is 256 g/mol. The molecule has 1 amide bonds. The molecule has 1 aliphatic rings. The van der Waals surface area contributed by atoms with E-state index in [4.69, 9.17) is 4.74 Å². The quantitative estimate of drug-likeness (QED) is 0.837. The topological polar surface area (TPSA) is 58.6 Å². The van der Waals surface area contributed by atoms with Gasteiger partial charge in [0.05, 0.1) is 25.0 Å². The zero-order valence-corrected chi connectivity index (χ0v) is 11.9. The third-order valence-electron chi connectivity index (χ3n) is 3.48. The molecule has 20 heavy (non-hydrogen) atoms. The maximum Gasteiger partial charge on any atom is 0.328 e. The summed E-state index contributed by atoms with van der Waals surface area (Å²) in [5.41, 5.74) is 1.62. The van der Waals surface area contributed by atoms with E-state index >= 15 is 0 Å². The normalized spacial score (nSPS) is 15.3. The van der Waals surface area contributed by atoms with Crippen molar-refractivity contribution in [3.63, 3.8) is 0 Å². The van der Waals surface area contributed by atoms with Crippen LogP contribution in [0.25, 0.3) is 0 Å². The van der Waals surface area contributed by atoms with Crippen LogP contribution in [0.4, 0.5) is 11.4 Å². The number of carbonyl (C=O) groups is 2. The molecule has 1 N–H and O–H groups in total. The number of amides is 1. The SMILES string of the molecule is CCCCC(C(=O)OC)N1CC(=O)Nc2ccccc21. The van der Waals surface area contributed by atoms with Gasteiger partial charge in [0.25, 0.3) is 0 Å². The highest BCUT2D eigenvalue weighted by atomic mass is 16.5. The Morgan fingerprint density at radius 3 is 2.90 bits per heavy atom. The number of hydrogen-bond acceptors (Lipinski definition) is 4. The van der Waals surface area contributed by atoms with Crippen LogP contribution >= 0.6 is 0 Å². The van der Waals surface area contributed by atoms with Crippen molar-refractivity contribution in [1.29, 1.82) is 0 Å². The largest absolute Gasteiger partial charge is 0.467 e. The molecule has 1 heterocycles. The average molecular weight is 276 g/mol. The first kappa shape index (κ1) is 14.4. The summed E-state index contributed by atoms with van der Waals surface area (Å²) in [6.07, 6.45) is 2.60. The summed E-state index contributed by atoms with van der Waals surface area (Å²) in [5, 5.41) is 2.83. The van der Waals surface area contributed by atoms with E-state index in [0.717, 1.165) is 24.2 Å². The van der Waals surface area contributed by atoms with Crippen molar-refractivity contribution in [2.75, 3.05) is 23.9 Å². The molecular formula is C15H20N2O3. The van der Waals surface area contributed by atoms with Crippen molar-refractivity contribution in [3.8, 4) is 0 Å². The number of carbonyl (C=O) groups excluding carboxylic acids is 2. The standard InChI is InChI=1S/C15H20N2O3/c1-3-4-8-13(15(19)20-2)17-10-14(18)16-11-7-5-6-9-12(11)17/h5-7,9,13H,3-4,8,10H2,1-2H3,(H,16,18). The van der Waals surface area contributed by atoms with Gasteiger partial charge in [-0.2, -0.15) is 0 Å². The first-order chi connectivity index (χ1) is 9.67. The number of esters is 1. The lowest BCUT2D eigenvalue weighted by molar-refractivity contribution is -0.142. The molecule has 0 spiro atoms. The van der Waals surface area contributed by atoms with Crippen molar-refractivity contribution in [3.05, 3.63) is 24.3 Å². The molecule has 1 aromatic rings. The Morgan fingerprint density at radius 2 is 2.20 bits per heavy atom. The molecule has 1 aliphatic heterocycles. The molecule has 0 fully saturated rings. The summed E-state index contributed by atoms with van der Waals surface area (Å²) in [7, 11) is 1.39. The first-order valence-corrected chi connectivity index (χ1v) is 6.90. The Labute approximate surface area is 118 Å². The van der Waals surface area contributed by atoms with Crippen LogP contribution in [0.1, 0.15) is 26.2 Å². The summed E-state index contributed by atoms with van der Waals surface area (Å²) in [6.45, 7) is 2.26. The van der Waals surface area contributed by atoms with Gasteiger partial charge in [-0.3, -0.25) is 4.79 Å². The minimum Gasteiger partial charge on any atom is -0.467 e. The van der Waals surface area contributed by atoms with Gasteiger partial charge in [0.15, 0.2) is 0 Å². The fraction of sp³-hybridized carbons (Fsp3) is 0.467. The lowest BCUT2D eigenvalue weighted by atomic mass is 10.1. The Hall–Kier alpha value is -2.04. The number of anilines is 2. The predicted molar refractivity (Wildman–Crippen MR) is 77.7 cm³/mol. The molecule has 1 unspecified atom stereocenters. The molecule has 5 heteroatoms. The Kier molecular flexibility index (Phi) is 4.61. The summed E-state index contributed by atoms with van der Waals surface area (Å²) >= 11 is 0. The van der Waals surface area contributed by atoms with Crippen LogP contribution in [0.2, 0.25) is 0 Å². The fourth-order valence-electron chi connectivity index (χ4n) is 2.47. The van der Waals surface area contributed by atoms with E-state index < -0.39 is 6.04 Å². The number of hydrogen-bond donors (Lipinski definition) is 1. The molecule has 0 saturated heterocycles. The number of benzene rings is 1. The van der Waals surface area contributed by atoms with Gasteiger partial charge in [-0.25, -0.2) is 4.79 Å². The Bertz CT molecular complexity index is 502. The van der Waals surface area contributed by atoms with Crippen LogP contribution in [0.15, 0.2) is 24.3 Å². The molecule has 0 bridgehead atoms. The summed E-state index contributed by atoms with van der Waals surface area (Å²) in [6, 6.07) is 7.11. The van der Waals surface area contributed by atoms with E-state index in [1.165, 1.54) is 7.11 Å². The maximum atomic E-state index is 12.0. The van der Waals surface area contributed by atoms with Crippen LogP contribution in [0.3, 0.4) is 0 Å². The number of methoxy groups -OCH3 is 1. The third kappa shape index (κ3) is 2.92. The Balaban J connectivity index is 2.32. The number of para-hydroxylation sites is 2. The van der Waals surface area contributed by atoms with Gasteiger partial charge in [-0.05, 0) is 18.6 Å². The van der Waals surface area contributed by atoms with Crippen LogP contribution in [0.5, 0.6) is 0 Å². The maximum absolute atomic E-state index is 12.0. The smallest absolute Gasteiger partial charge is 0.328 e. The van der Waals surface area contributed by atoms with Crippen LogP contribution in [-0.4, -0.2) is 31.6 Å². The first-order valence-electron chi connectivity index (χ1n) is 6.90. The number of nitrogens with one attached hydrogen (secondary N) is 1. The predicted octanol–water partition coefficient (Wildman–Crippen LogP) is 2.18. The van der Waals surface area contributed by atoms with E-state index in [1.54, 1.807) is 0 Å². The summed E-state index contributed by atoms with van der Waals surface area (Å²) < 4.78 is 4.90. The fourth-order valence-corrected chi connectivity index (χ4v) is 2.47. The molecule has 0 aliphatic carbocycles. The second-order valence-corrected chi connectivity index (χ2v) is 4.87. The van der Waals surface area contributed by atoms with Gasteiger partial charge in [-0.1, -0.05) is 31.9 Å². The monoisotopic (exact) mass is 276 g/mol. The van der Waals surface area contributed by atoms with E-state index in [1.807, 2.05) is 29.2 Å². The van der Waals surface area contributed by atoms with E-state index in [2.05, 4.69) is 12.2 Å². The second kappa shape index (κ2) is 6.41. The van der Waals surface area contributed by atoms with Crippen LogP contribution in [-0.2, 0) is 14.3 Å². The molecule has 108 valence electrons. The number of nitrogens with zero attached hydrogens (tertiary/aromatic N) is 1. The van der Waals surface area contributed by atoms with Gasteiger partial charge < -0.3 is 15.0 Å². The van der Waals surface area contributed by atoms with Crippen molar-refractivity contribution in [2.24, 2.45) is 0 Å². The van der Waals surface area contributed by atoms with E-state index in [-0.39, 0.29) is 18.4 Å². The number of ether oxygens (including phenoxy) is 1. The van der Waals surface area contributed by atoms with Crippen molar-refractivity contribution in [2.45, 2.75) is 32.2 Å². The van der Waals surface area contributed by atoms with Gasteiger partial charge in [0.1, 0.15) is 6.04 Å². The minimum atomic E-state index is -0.410. The van der Waals surface area contributed by atoms with E-state index in [9.17, 15) is 9.59 Å². The van der Waals surface area contributed by atoms with Crippen LogP contribution in [0, 0.1) is 0 Å². The zero-order chi connectivity index (χ0) is 14.5. The molecule has 0 radical (unpaired) electrons. The summed E-state index contributed by atoms with van der Waals surface area (Å²) in [4.78, 5) is 25.7. The second-order valence-electron chi connectivity index (χ2n) is 4.87. The third-order valence-corrected chi connectivity index (χ3v) is 3.48. The van der Waals surface area contributed by atoms with Gasteiger partial charge in [0, 0.05) is 0 Å². The Morgan fingerprint density at radius 1 is 1.45 bits per heavy atom. The molecule has 1 aromatic carbocycles. The lowest BCUT2D eigenvalue weighted by Gasteiger charge is -2.35. The lowest BCUT2D eigenvalue weighted by Crippen LogP contribution is -2.48. The van der Waals surface area contributed by atoms with Crippen molar-refractivity contribution >= 4 is 23.3 Å².